The molecule has 35 heavy (non-hydrogen) atoms. The molecule has 1 saturated heterocycles. The van der Waals surface area contributed by atoms with Crippen LogP contribution in [0.2, 0.25) is 0 Å². The highest BCUT2D eigenvalue weighted by Gasteiger charge is 2.26. The molecule has 1 aliphatic heterocycles. The lowest BCUT2D eigenvalue weighted by molar-refractivity contribution is -0.141. The standard InChI is InChI=1S/C23H25N3O7S2/c1-3-33-18-5-4-6-19-21(18)26(15-20(27)31-2)23(34-19)24-22(28)16-7-9-17(10-8-16)35(29,30)25-11-13-32-14-12-25/h4-10H,3,11-15H2,1-2H3. The number of carbonyl (C=O) groups excluding carboxylic acids is 2. The first kappa shape index (κ1) is 25.0. The molecule has 0 spiro atoms. The number of methoxy groups -OCH3 is 1. The van der Waals surface area contributed by atoms with Crippen molar-refractivity contribution in [1.29, 1.82) is 0 Å². The third-order valence-corrected chi connectivity index (χ3v) is 8.34. The van der Waals surface area contributed by atoms with Gasteiger partial charge in [0.05, 0.1) is 36.5 Å². The van der Waals surface area contributed by atoms with Gasteiger partial charge in [-0.15, -0.1) is 0 Å². The van der Waals surface area contributed by atoms with Crippen LogP contribution in [0.4, 0.5) is 0 Å². The fourth-order valence-electron chi connectivity index (χ4n) is 3.65. The van der Waals surface area contributed by atoms with E-state index in [1.807, 2.05) is 19.1 Å². The summed E-state index contributed by atoms with van der Waals surface area (Å²) >= 11 is 1.24. The summed E-state index contributed by atoms with van der Waals surface area (Å²) in [5.74, 6) is -0.497. The number of thiazole rings is 1. The van der Waals surface area contributed by atoms with Crippen molar-refractivity contribution >= 4 is 43.5 Å². The van der Waals surface area contributed by atoms with Crippen molar-refractivity contribution in [3.63, 3.8) is 0 Å². The first-order valence-electron chi connectivity index (χ1n) is 10.9. The Morgan fingerprint density at radius 2 is 1.83 bits per heavy atom. The van der Waals surface area contributed by atoms with Crippen LogP contribution in [-0.2, 0) is 30.8 Å². The molecular weight excluding hydrogens is 494 g/mol. The summed E-state index contributed by atoms with van der Waals surface area (Å²) in [6, 6.07) is 11.1. The number of fused-ring (bicyclic) bond motifs is 1. The number of rotatable bonds is 7. The molecule has 0 atom stereocenters. The summed E-state index contributed by atoms with van der Waals surface area (Å²) in [6.45, 7) is 3.40. The van der Waals surface area contributed by atoms with Crippen LogP contribution in [0, 0.1) is 0 Å². The number of amides is 1. The van der Waals surface area contributed by atoms with Gasteiger partial charge in [0.15, 0.2) is 4.80 Å². The molecule has 186 valence electrons. The summed E-state index contributed by atoms with van der Waals surface area (Å²) in [4.78, 5) is 29.7. The fraction of sp³-hybridized carbons (Fsp3) is 0.348. The molecule has 2 heterocycles. The molecule has 1 aliphatic rings. The topological polar surface area (TPSA) is 116 Å². The van der Waals surface area contributed by atoms with Crippen molar-refractivity contribution in [2.45, 2.75) is 18.4 Å². The minimum Gasteiger partial charge on any atom is -0.492 e. The lowest BCUT2D eigenvalue weighted by Crippen LogP contribution is -2.40. The second-order valence-corrected chi connectivity index (χ2v) is 10.5. The Bertz CT molecular complexity index is 1400. The van der Waals surface area contributed by atoms with Crippen molar-refractivity contribution in [3.8, 4) is 5.75 Å². The maximum absolute atomic E-state index is 13.0. The van der Waals surface area contributed by atoms with E-state index in [-0.39, 0.29) is 30.1 Å². The van der Waals surface area contributed by atoms with Gasteiger partial charge in [0, 0.05) is 18.7 Å². The summed E-state index contributed by atoms with van der Waals surface area (Å²) in [7, 11) is -2.38. The van der Waals surface area contributed by atoms with E-state index in [9.17, 15) is 18.0 Å². The van der Waals surface area contributed by atoms with Crippen LogP contribution in [-0.4, -0.2) is 69.2 Å². The number of morpholine rings is 1. The second kappa shape index (κ2) is 10.7. The summed E-state index contributed by atoms with van der Waals surface area (Å²) < 4.78 is 45.1. The molecule has 10 nitrogen and oxygen atoms in total. The zero-order valence-corrected chi connectivity index (χ0v) is 20.9. The fourth-order valence-corrected chi connectivity index (χ4v) is 6.11. The van der Waals surface area contributed by atoms with E-state index < -0.39 is 21.9 Å². The number of esters is 1. The predicted molar refractivity (Wildman–Crippen MR) is 129 cm³/mol. The maximum atomic E-state index is 13.0. The Morgan fingerprint density at radius 3 is 2.49 bits per heavy atom. The van der Waals surface area contributed by atoms with Crippen molar-refractivity contribution in [2.75, 3.05) is 40.0 Å². The summed E-state index contributed by atoms with van der Waals surface area (Å²) in [5, 5.41) is 0. The van der Waals surface area contributed by atoms with Crippen LogP contribution in [0.1, 0.15) is 17.3 Å². The molecule has 0 radical (unpaired) electrons. The number of sulfonamides is 1. The molecule has 4 rings (SSSR count). The quantitative estimate of drug-likeness (QED) is 0.439. The maximum Gasteiger partial charge on any atom is 0.325 e. The Morgan fingerprint density at radius 1 is 1.11 bits per heavy atom. The summed E-state index contributed by atoms with van der Waals surface area (Å²) in [5.41, 5.74) is 0.862. The van der Waals surface area contributed by atoms with Gasteiger partial charge in [0.1, 0.15) is 17.8 Å². The molecule has 3 aromatic rings. The number of aromatic nitrogens is 1. The van der Waals surface area contributed by atoms with Crippen molar-refractivity contribution in [2.24, 2.45) is 4.99 Å². The van der Waals surface area contributed by atoms with Crippen LogP contribution in [0.25, 0.3) is 10.2 Å². The largest absolute Gasteiger partial charge is 0.492 e. The van der Waals surface area contributed by atoms with E-state index in [1.165, 1.54) is 47.0 Å². The van der Waals surface area contributed by atoms with Gasteiger partial charge in [-0.3, -0.25) is 9.59 Å². The van der Waals surface area contributed by atoms with Crippen LogP contribution in [0.15, 0.2) is 52.4 Å². The Kier molecular flexibility index (Phi) is 7.65. The average Bonchev–Trinajstić information content (AvgIpc) is 3.22. The van der Waals surface area contributed by atoms with Gasteiger partial charge in [0.25, 0.3) is 5.91 Å². The van der Waals surface area contributed by atoms with E-state index in [2.05, 4.69) is 4.99 Å². The number of carbonyl (C=O) groups is 2. The van der Waals surface area contributed by atoms with E-state index in [0.29, 0.717) is 35.9 Å². The van der Waals surface area contributed by atoms with Gasteiger partial charge in [0.2, 0.25) is 10.0 Å². The number of nitrogens with zero attached hydrogens (tertiary/aromatic N) is 3. The number of para-hydroxylation sites is 1. The third kappa shape index (κ3) is 5.30. The normalized spacial score (nSPS) is 15.3. The molecule has 0 bridgehead atoms. The SMILES string of the molecule is CCOc1cccc2sc(=NC(=O)c3ccc(S(=O)(=O)N4CCOCC4)cc3)n(CC(=O)OC)c12. The van der Waals surface area contributed by atoms with Crippen molar-refractivity contribution in [3.05, 3.63) is 52.8 Å². The molecule has 0 saturated carbocycles. The predicted octanol–water partition coefficient (Wildman–Crippen LogP) is 2.04. The molecule has 2 aromatic carbocycles. The summed E-state index contributed by atoms with van der Waals surface area (Å²) in [6.07, 6.45) is 0. The van der Waals surface area contributed by atoms with E-state index in [0.717, 1.165) is 4.70 Å². The van der Waals surface area contributed by atoms with Gasteiger partial charge >= 0.3 is 5.97 Å². The van der Waals surface area contributed by atoms with Crippen molar-refractivity contribution in [1.82, 2.24) is 8.87 Å². The lowest BCUT2D eigenvalue weighted by Gasteiger charge is -2.26. The molecular formula is C23H25N3O7S2. The Balaban J connectivity index is 1.70. The van der Waals surface area contributed by atoms with Crippen LogP contribution in [0.5, 0.6) is 5.75 Å². The minimum absolute atomic E-state index is 0.0972. The monoisotopic (exact) mass is 519 g/mol. The first-order chi connectivity index (χ1) is 16.8. The van der Waals surface area contributed by atoms with Gasteiger partial charge in [-0.05, 0) is 43.3 Å². The van der Waals surface area contributed by atoms with E-state index in [1.54, 1.807) is 10.6 Å². The highest BCUT2D eigenvalue weighted by atomic mass is 32.2. The first-order valence-corrected chi connectivity index (χ1v) is 13.2. The zero-order valence-electron chi connectivity index (χ0n) is 19.3. The highest BCUT2D eigenvalue weighted by molar-refractivity contribution is 7.89. The van der Waals surface area contributed by atoms with Crippen LogP contribution >= 0.6 is 11.3 Å². The molecule has 0 N–H and O–H groups in total. The molecule has 1 fully saturated rings. The molecule has 1 aromatic heterocycles. The Labute approximate surface area is 206 Å². The van der Waals surface area contributed by atoms with Gasteiger partial charge in [-0.2, -0.15) is 9.30 Å². The van der Waals surface area contributed by atoms with Gasteiger partial charge in [-0.25, -0.2) is 8.42 Å². The molecule has 1 amide bonds. The van der Waals surface area contributed by atoms with Gasteiger partial charge < -0.3 is 18.8 Å². The number of hydrogen-bond acceptors (Lipinski definition) is 8. The van der Waals surface area contributed by atoms with E-state index in [4.69, 9.17) is 14.2 Å². The molecule has 12 heteroatoms. The number of hydrogen-bond donors (Lipinski definition) is 0. The zero-order chi connectivity index (χ0) is 25.0. The van der Waals surface area contributed by atoms with Crippen LogP contribution in [0.3, 0.4) is 0 Å². The average molecular weight is 520 g/mol. The minimum atomic E-state index is -3.67. The van der Waals surface area contributed by atoms with Crippen LogP contribution < -0.4 is 9.54 Å². The Hall–Kier alpha value is -3.06. The highest BCUT2D eigenvalue weighted by Crippen LogP contribution is 2.28. The third-order valence-electron chi connectivity index (χ3n) is 5.39. The lowest BCUT2D eigenvalue weighted by atomic mass is 10.2. The van der Waals surface area contributed by atoms with E-state index >= 15 is 0 Å². The number of ether oxygens (including phenoxy) is 3. The molecule has 0 aliphatic carbocycles. The van der Waals surface area contributed by atoms with Gasteiger partial charge in [-0.1, -0.05) is 17.4 Å². The smallest absolute Gasteiger partial charge is 0.325 e. The number of benzene rings is 2. The molecule has 0 unspecified atom stereocenters. The van der Waals surface area contributed by atoms with Crippen molar-refractivity contribution < 1.29 is 32.2 Å². The second-order valence-electron chi connectivity index (χ2n) is 7.54.